The molecule has 0 saturated heterocycles. The van der Waals surface area contributed by atoms with Crippen LogP contribution in [0.3, 0.4) is 0 Å². The molecule has 0 unspecified atom stereocenters. The van der Waals surface area contributed by atoms with E-state index >= 15 is 0 Å². The van der Waals surface area contributed by atoms with Crippen molar-refractivity contribution in [3.63, 3.8) is 0 Å². The lowest BCUT2D eigenvalue weighted by Gasteiger charge is -2.19. The molecule has 25 heavy (non-hydrogen) atoms. The van der Waals surface area contributed by atoms with Crippen LogP contribution >= 0.6 is 0 Å². The molecule has 130 valence electrons. The summed E-state index contributed by atoms with van der Waals surface area (Å²) >= 11 is 0. The monoisotopic (exact) mass is 340 g/mol. The molecule has 0 fully saturated rings. The minimum Gasteiger partial charge on any atom is -0.455 e. The van der Waals surface area contributed by atoms with Crippen molar-refractivity contribution in [3.05, 3.63) is 42.5 Å². The molecule has 0 aliphatic heterocycles. The molecule has 0 aliphatic carbocycles. The Morgan fingerprint density at radius 2 is 2.04 bits per heavy atom. The molecule has 3 aromatic heterocycles. The number of hydrogen-bond acceptors (Lipinski definition) is 7. The van der Waals surface area contributed by atoms with Crippen LogP contribution in [-0.2, 0) is 18.3 Å². The van der Waals surface area contributed by atoms with E-state index in [0.29, 0.717) is 23.9 Å². The first-order valence-electron chi connectivity index (χ1n) is 7.88. The average Bonchev–Trinajstić information content (AvgIpc) is 2.92. The van der Waals surface area contributed by atoms with Gasteiger partial charge >= 0.3 is 5.97 Å². The standard InChI is InChI=1S/C17H20N6O2/c1-17(2,3)25-16(24)13-8-20-14(23(13)4)9-21-15-11-7-18-10-22-12(11)5-6-19-15/h5-8,10H,9H2,1-4H3,(H,19,21). The van der Waals surface area contributed by atoms with E-state index in [-0.39, 0.29) is 0 Å². The van der Waals surface area contributed by atoms with Gasteiger partial charge in [-0.25, -0.2) is 24.7 Å². The van der Waals surface area contributed by atoms with Crippen LogP contribution in [0.25, 0.3) is 10.9 Å². The summed E-state index contributed by atoms with van der Waals surface area (Å²) in [5.74, 6) is 0.960. The number of fused-ring (bicyclic) bond motifs is 1. The lowest BCUT2D eigenvalue weighted by Crippen LogP contribution is -2.25. The van der Waals surface area contributed by atoms with Gasteiger partial charge in [-0.05, 0) is 26.8 Å². The third-order valence-electron chi connectivity index (χ3n) is 3.54. The fourth-order valence-corrected chi connectivity index (χ4v) is 2.34. The zero-order valence-corrected chi connectivity index (χ0v) is 14.6. The number of carbonyl (C=O) groups excluding carboxylic acids is 1. The molecular formula is C17H20N6O2. The highest BCUT2D eigenvalue weighted by molar-refractivity contribution is 5.88. The number of ether oxygens (including phenoxy) is 1. The molecule has 8 nitrogen and oxygen atoms in total. The second-order valence-corrected chi connectivity index (χ2v) is 6.59. The lowest BCUT2D eigenvalue weighted by molar-refractivity contribution is 0.00586. The van der Waals surface area contributed by atoms with Crippen LogP contribution < -0.4 is 5.32 Å². The Bertz CT molecular complexity index is 908. The van der Waals surface area contributed by atoms with Gasteiger partial charge in [0.25, 0.3) is 0 Å². The van der Waals surface area contributed by atoms with Crippen molar-refractivity contribution >= 4 is 22.7 Å². The Morgan fingerprint density at radius 3 is 2.80 bits per heavy atom. The molecule has 0 atom stereocenters. The Balaban J connectivity index is 1.77. The molecule has 0 aromatic carbocycles. The number of nitrogens with zero attached hydrogens (tertiary/aromatic N) is 5. The summed E-state index contributed by atoms with van der Waals surface area (Å²) in [7, 11) is 1.78. The minimum atomic E-state index is -0.549. The number of pyridine rings is 1. The number of imidazole rings is 1. The summed E-state index contributed by atoms with van der Waals surface area (Å²) < 4.78 is 7.10. The van der Waals surface area contributed by atoms with E-state index in [2.05, 4.69) is 25.3 Å². The molecule has 0 spiro atoms. The largest absolute Gasteiger partial charge is 0.455 e. The van der Waals surface area contributed by atoms with Crippen molar-refractivity contribution in [2.75, 3.05) is 5.32 Å². The van der Waals surface area contributed by atoms with Crippen molar-refractivity contribution in [1.29, 1.82) is 0 Å². The summed E-state index contributed by atoms with van der Waals surface area (Å²) in [5.41, 5.74) is 0.662. The summed E-state index contributed by atoms with van der Waals surface area (Å²) in [5, 5.41) is 4.04. The lowest BCUT2D eigenvalue weighted by atomic mass is 10.2. The third-order valence-corrected chi connectivity index (χ3v) is 3.54. The predicted molar refractivity (Wildman–Crippen MR) is 93.0 cm³/mol. The number of anilines is 1. The van der Waals surface area contributed by atoms with Gasteiger partial charge in [-0.1, -0.05) is 0 Å². The molecular weight excluding hydrogens is 320 g/mol. The smallest absolute Gasteiger partial charge is 0.357 e. The SMILES string of the molecule is Cn1c(C(=O)OC(C)(C)C)cnc1CNc1nccc2ncncc12. The van der Waals surface area contributed by atoms with Crippen LogP contribution in [0.2, 0.25) is 0 Å². The molecule has 8 heteroatoms. The zero-order valence-electron chi connectivity index (χ0n) is 14.6. The fourth-order valence-electron chi connectivity index (χ4n) is 2.34. The molecule has 1 N–H and O–H groups in total. The number of esters is 1. The van der Waals surface area contributed by atoms with E-state index in [1.54, 1.807) is 24.0 Å². The molecule has 3 aromatic rings. The number of rotatable bonds is 4. The molecule has 0 radical (unpaired) electrons. The van der Waals surface area contributed by atoms with Gasteiger partial charge in [0, 0.05) is 19.4 Å². The minimum absolute atomic E-state index is 0.398. The Hall–Kier alpha value is -3.03. The Kier molecular flexibility index (Phi) is 4.35. The summed E-state index contributed by atoms with van der Waals surface area (Å²) in [6.45, 7) is 5.90. The van der Waals surface area contributed by atoms with Crippen LogP contribution in [0.5, 0.6) is 0 Å². The molecule has 3 rings (SSSR count). The van der Waals surface area contributed by atoms with E-state index < -0.39 is 11.6 Å². The topological polar surface area (TPSA) is 94.8 Å². The number of aromatic nitrogens is 5. The zero-order chi connectivity index (χ0) is 18.0. The van der Waals surface area contributed by atoms with E-state index in [9.17, 15) is 4.79 Å². The van der Waals surface area contributed by atoms with E-state index in [1.807, 2.05) is 26.8 Å². The van der Waals surface area contributed by atoms with Crippen LogP contribution in [0.4, 0.5) is 5.82 Å². The average molecular weight is 340 g/mol. The summed E-state index contributed by atoms with van der Waals surface area (Å²) in [4.78, 5) is 29.1. The second-order valence-electron chi connectivity index (χ2n) is 6.59. The molecule has 0 aliphatic rings. The maximum absolute atomic E-state index is 12.2. The second kappa shape index (κ2) is 6.46. The number of hydrogen-bond donors (Lipinski definition) is 1. The highest BCUT2D eigenvalue weighted by atomic mass is 16.6. The highest BCUT2D eigenvalue weighted by Gasteiger charge is 2.21. The normalized spacial score (nSPS) is 11.5. The van der Waals surface area contributed by atoms with Crippen LogP contribution in [0.1, 0.15) is 37.1 Å². The summed E-state index contributed by atoms with van der Waals surface area (Å²) in [6, 6.07) is 1.82. The van der Waals surface area contributed by atoms with Gasteiger partial charge in [0.1, 0.15) is 29.3 Å². The first kappa shape index (κ1) is 16.8. The van der Waals surface area contributed by atoms with Crippen molar-refractivity contribution in [2.45, 2.75) is 32.9 Å². The van der Waals surface area contributed by atoms with Gasteiger partial charge in [0.05, 0.1) is 23.6 Å². The maximum Gasteiger partial charge on any atom is 0.357 e. The fraction of sp³-hybridized carbons (Fsp3) is 0.353. The quantitative estimate of drug-likeness (QED) is 0.728. The van der Waals surface area contributed by atoms with Gasteiger partial charge in [0.15, 0.2) is 0 Å². The first-order valence-corrected chi connectivity index (χ1v) is 7.88. The van der Waals surface area contributed by atoms with Crippen LogP contribution in [-0.4, -0.2) is 36.1 Å². The molecule has 3 heterocycles. The third kappa shape index (κ3) is 3.73. The van der Waals surface area contributed by atoms with Gasteiger partial charge in [0.2, 0.25) is 0 Å². The highest BCUT2D eigenvalue weighted by Crippen LogP contribution is 2.18. The number of nitrogens with one attached hydrogen (secondary N) is 1. The molecule has 0 bridgehead atoms. The van der Waals surface area contributed by atoms with Crippen LogP contribution in [0.15, 0.2) is 31.0 Å². The maximum atomic E-state index is 12.2. The van der Waals surface area contributed by atoms with E-state index in [1.165, 1.54) is 12.5 Å². The first-order chi connectivity index (χ1) is 11.8. The van der Waals surface area contributed by atoms with E-state index in [4.69, 9.17) is 4.74 Å². The summed E-state index contributed by atoms with van der Waals surface area (Å²) in [6.07, 6.45) is 6.41. The van der Waals surface area contributed by atoms with Crippen molar-refractivity contribution in [2.24, 2.45) is 7.05 Å². The number of carbonyl (C=O) groups is 1. The Morgan fingerprint density at radius 1 is 1.24 bits per heavy atom. The van der Waals surface area contributed by atoms with Crippen molar-refractivity contribution in [3.8, 4) is 0 Å². The predicted octanol–water partition coefficient (Wildman–Crippen LogP) is 2.33. The van der Waals surface area contributed by atoms with Crippen molar-refractivity contribution < 1.29 is 9.53 Å². The molecule has 0 saturated carbocycles. The van der Waals surface area contributed by atoms with E-state index in [0.717, 1.165) is 10.9 Å². The van der Waals surface area contributed by atoms with Crippen LogP contribution in [0, 0.1) is 0 Å². The van der Waals surface area contributed by atoms with Gasteiger partial charge < -0.3 is 14.6 Å². The van der Waals surface area contributed by atoms with Gasteiger partial charge in [-0.3, -0.25) is 0 Å². The van der Waals surface area contributed by atoms with Gasteiger partial charge in [-0.2, -0.15) is 0 Å². The van der Waals surface area contributed by atoms with Crippen molar-refractivity contribution in [1.82, 2.24) is 24.5 Å². The van der Waals surface area contributed by atoms with Gasteiger partial charge in [-0.15, -0.1) is 0 Å². The molecule has 0 amide bonds. The Labute approximate surface area is 145 Å².